The Labute approximate surface area is 132 Å². The lowest BCUT2D eigenvalue weighted by Gasteiger charge is -2.29. The van der Waals surface area contributed by atoms with Crippen LogP contribution in [0.15, 0.2) is 35.4 Å². The van der Waals surface area contributed by atoms with Crippen molar-refractivity contribution in [1.82, 2.24) is 9.29 Å². The standard InChI is InChI=1S/C15H23N3O3S/c1-13-7-9-18(10-8-13)14-5-4-6-15(16-14)22(19,20)17(2)11-12-21-3/h4-6H,1,7-12H2,2-3H3. The van der Waals surface area contributed by atoms with Gasteiger partial charge in [0.05, 0.1) is 6.61 Å². The molecule has 122 valence electrons. The van der Waals surface area contributed by atoms with Crippen molar-refractivity contribution in [2.45, 2.75) is 17.9 Å². The van der Waals surface area contributed by atoms with Crippen LogP contribution in [0, 0.1) is 0 Å². The summed E-state index contributed by atoms with van der Waals surface area (Å²) >= 11 is 0. The summed E-state index contributed by atoms with van der Waals surface area (Å²) in [5.74, 6) is 0.703. The molecule has 2 heterocycles. The van der Waals surface area contributed by atoms with Crippen LogP contribution in [0.2, 0.25) is 0 Å². The van der Waals surface area contributed by atoms with Crippen LogP contribution in [0.25, 0.3) is 0 Å². The number of pyridine rings is 1. The summed E-state index contributed by atoms with van der Waals surface area (Å²) in [4.78, 5) is 6.45. The highest BCUT2D eigenvalue weighted by atomic mass is 32.2. The normalized spacial score (nSPS) is 16.3. The summed E-state index contributed by atoms with van der Waals surface area (Å²) in [6, 6.07) is 5.12. The molecule has 0 amide bonds. The second kappa shape index (κ2) is 7.21. The van der Waals surface area contributed by atoms with Gasteiger partial charge in [-0.05, 0) is 25.0 Å². The number of aromatic nitrogens is 1. The lowest BCUT2D eigenvalue weighted by Crippen LogP contribution is -2.33. The van der Waals surface area contributed by atoms with E-state index in [9.17, 15) is 8.42 Å². The third-order valence-electron chi connectivity index (χ3n) is 3.79. The molecule has 22 heavy (non-hydrogen) atoms. The summed E-state index contributed by atoms with van der Waals surface area (Å²) in [5.41, 5.74) is 1.24. The van der Waals surface area contributed by atoms with Crippen LogP contribution in [0.3, 0.4) is 0 Å². The summed E-state index contributed by atoms with van der Waals surface area (Å²) in [7, 11) is -0.505. The van der Waals surface area contributed by atoms with E-state index in [1.165, 1.54) is 23.0 Å². The van der Waals surface area contributed by atoms with E-state index < -0.39 is 10.0 Å². The molecule has 0 unspecified atom stereocenters. The number of piperidine rings is 1. The lowest BCUT2D eigenvalue weighted by atomic mass is 10.1. The first-order chi connectivity index (χ1) is 10.4. The Morgan fingerprint density at radius 1 is 1.36 bits per heavy atom. The third-order valence-corrected chi connectivity index (χ3v) is 5.55. The molecule has 0 aliphatic carbocycles. The van der Waals surface area contributed by atoms with E-state index in [2.05, 4.69) is 16.5 Å². The molecule has 1 aliphatic heterocycles. The molecule has 7 heteroatoms. The maximum atomic E-state index is 12.5. The first-order valence-electron chi connectivity index (χ1n) is 7.29. The number of hydrogen-bond donors (Lipinski definition) is 0. The highest BCUT2D eigenvalue weighted by Gasteiger charge is 2.23. The topological polar surface area (TPSA) is 62.7 Å². The fraction of sp³-hybridized carbons (Fsp3) is 0.533. The highest BCUT2D eigenvalue weighted by molar-refractivity contribution is 7.89. The van der Waals surface area contributed by atoms with E-state index >= 15 is 0 Å². The van der Waals surface area contributed by atoms with Crippen LogP contribution in [0.5, 0.6) is 0 Å². The van der Waals surface area contributed by atoms with E-state index in [1.807, 2.05) is 6.07 Å². The first-order valence-corrected chi connectivity index (χ1v) is 8.73. The van der Waals surface area contributed by atoms with Crippen LogP contribution in [0.1, 0.15) is 12.8 Å². The van der Waals surface area contributed by atoms with Crippen LogP contribution < -0.4 is 4.90 Å². The van der Waals surface area contributed by atoms with Gasteiger partial charge in [-0.25, -0.2) is 13.4 Å². The maximum Gasteiger partial charge on any atom is 0.260 e. The van der Waals surface area contributed by atoms with Gasteiger partial charge in [0.15, 0.2) is 5.03 Å². The number of likely N-dealkylation sites (N-methyl/N-ethyl adjacent to an activating group) is 1. The van der Waals surface area contributed by atoms with Crippen molar-refractivity contribution in [3.63, 3.8) is 0 Å². The molecule has 1 saturated heterocycles. The molecule has 0 atom stereocenters. The zero-order valence-corrected chi connectivity index (χ0v) is 14.0. The Morgan fingerprint density at radius 2 is 2.05 bits per heavy atom. The van der Waals surface area contributed by atoms with Crippen molar-refractivity contribution in [2.75, 3.05) is 45.3 Å². The number of nitrogens with zero attached hydrogens (tertiary/aromatic N) is 3. The van der Waals surface area contributed by atoms with Gasteiger partial charge in [0.1, 0.15) is 5.82 Å². The molecule has 0 aromatic carbocycles. The molecule has 1 fully saturated rings. The van der Waals surface area contributed by atoms with Crippen molar-refractivity contribution < 1.29 is 13.2 Å². The summed E-state index contributed by atoms with van der Waals surface area (Å²) < 4.78 is 31.2. The van der Waals surface area contributed by atoms with Gasteiger partial charge in [-0.3, -0.25) is 0 Å². The molecule has 0 N–H and O–H groups in total. The third kappa shape index (κ3) is 3.85. The van der Waals surface area contributed by atoms with Crippen LogP contribution in [-0.2, 0) is 14.8 Å². The molecule has 6 nitrogen and oxygen atoms in total. The predicted octanol–water partition coefficient (Wildman–Crippen LogP) is 1.50. The largest absolute Gasteiger partial charge is 0.383 e. The molecule has 0 spiro atoms. The van der Waals surface area contributed by atoms with Crippen molar-refractivity contribution in [3.05, 3.63) is 30.4 Å². The number of rotatable bonds is 6. The Hall–Kier alpha value is -1.44. The second-order valence-corrected chi connectivity index (χ2v) is 7.38. The molecule has 0 bridgehead atoms. The fourth-order valence-electron chi connectivity index (χ4n) is 2.28. The summed E-state index contributed by atoms with van der Waals surface area (Å²) in [6.07, 6.45) is 1.85. The van der Waals surface area contributed by atoms with Crippen LogP contribution in [-0.4, -0.2) is 58.1 Å². The quantitative estimate of drug-likeness (QED) is 0.742. The average Bonchev–Trinajstić information content (AvgIpc) is 2.53. The minimum Gasteiger partial charge on any atom is -0.383 e. The minimum atomic E-state index is -3.59. The second-order valence-electron chi connectivity index (χ2n) is 5.39. The maximum absolute atomic E-state index is 12.5. The number of anilines is 1. The Bertz CT molecular complexity index is 621. The van der Waals surface area contributed by atoms with Crippen molar-refractivity contribution >= 4 is 15.8 Å². The van der Waals surface area contributed by atoms with E-state index in [4.69, 9.17) is 4.74 Å². The van der Waals surface area contributed by atoms with Crippen molar-refractivity contribution in [2.24, 2.45) is 0 Å². The molecule has 0 radical (unpaired) electrons. The predicted molar refractivity (Wildman–Crippen MR) is 86.5 cm³/mol. The van der Waals surface area contributed by atoms with Gasteiger partial charge in [0.25, 0.3) is 10.0 Å². The van der Waals surface area contributed by atoms with Crippen LogP contribution in [0.4, 0.5) is 5.82 Å². The van der Waals surface area contributed by atoms with Crippen LogP contribution >= 0.6 is 0 Å². The first kappa shape index (κ1) is 16.9. The highest BCUT2D eigenvalue weighted by Crippen LogP contribution is 2.22. The number of ether oxygens (including phenoxy) is 1. The average molecular weight is 325 g/mol. The molecule has 1 aliphatic rings. The zero-order valence-electron chi connectivity index (χ0n) is 13.2. The van der Waals surface area contributed by atoms with Gasteiger partial charge in [-0.15, -0.1) is 0 Å². The monoisotopic (exact) mass is 325 g/mol. The van der Waals surface area contributed by atoms with Gasteiger partial charge in [-0.1, -0.05) is 18.2 Å². The molecule has 2 rings (SSSR count). The number of sulfonamides is 1. The molecular formula is C15H23N3O3S. The van der Waals surface area contributed by atoms with Gasteiger partial charge >= 0.3 is 0 Å². The fourth-order valence-corrected chi connectivity index (χ4v) is 3.37. The van der Waals surface area contributed by atoms with Gasteiger partial charge in [0, 0.05) is 33.8 Å². The van der Waals surface area contributed by atoms with E-state index in [-0.39, 0.29) is 5.03 Å². The molecule has 1 aromatic rings. The Morgan fingerprint density at radius 3 is 2.68 bits per heavy atom. The zero-order chi connectivity index (χ0) is 16.2. The Kier molecular flexibility index (Phi) is 5.55. The molecular weight excluding hydrogens is 302 g/mol. The summed E-state index contributed by atoms with van der Waals surface area (Å²) in [6.45, 7) is 6.30. The molecule has 0 saturated carbocycles. The number of methoxy groups -OCH3 is 1. The molecule has 1 aromatic heterocycles. The lowest BCUT2D eigenvalue weighted by molar-refractivity contribution is 0.185. The number of hydrogen-bond acceptors (Lipinski definition) is 5. The smallest absolute Gasteiger partial charge is 0.260 e. The summed E-state index contributed by atoms with van der Waals surface area (Å²) in [5, 5.41) is 0.0769. The van der Waals surface area contributed by atoms with Gasteiger partial charge in [-0.2, -0.15) is 4.31 Å². The van der Waals surface area contributed by atoms with Crippen molar-refractivity contribution in [1.29, 1.82) is 0 Å². The van der Waals surface area contributed by atoms with E-state index in [0.717, 1.165) is 25.9 Å². The SMILES string of the molecule is C=C1CCN(c2cccc(S(=O)(=O)N(C)CCOC)n2)CC1. The van der Waals surface area contributed by atoms with Gasteiger partial charge in [0.2, 0.25) is 0 Å². The van der Waals surface area contributed by atoms with E-state index in [1.54, 1.807) is 13.2 Å². The Balaban J connectivity index is 2.18. The van der Waals surface area contributed by atoms with Crippen molar-refractivity contribution in [3.8, 4) is 0 Å². The van der Waals surface area contributed by atoms with E-state index in [0.29, 0.717) is 19.0 Å². The van der Waals surface area contributed by atoms with Gasteiger partial charge < -0.3 is 9.64 Å². The minimum absolute atomic E-state index is 0.0769.